The number of anilines is 1. The van der Waals surface area contributed by atoms with Crippen LogP contribution >= 0.6 is 0 Å². The van der Waals surface area contributed by atoms with Gasteiger partial charge in [-0.1, -0.05) is 13.8 Å². The van der Waals surface area contributed by atoms with Crippen LogP contribution in [0, 0.1) is 11.3 Å². The van der Waals surface area contributed by atoms with Crippen LogP contribution in [0.5, 0.6) is 0 Å². The summed E-state index contributed by atoms with van der Waals surface area (Å²) in [6.07, 6.45) is 2.53. The third-order valence-corrected chi connectivity index (χ3v) is 1.98. The number of nitrogens with one attached hydrogen (secondary N) is 2. The van der Waals surface area contributed by atoms with E-state index in [-0.39, 0.29) is 0 Å². The van der Waals surface area contributed by atoms with Crippen molar-refractivity contribution < 1.29 is 0 Å². The standard InChI is InChI=1S/C11H17N3/c1-8(2)7-10(12)9-5-4-6-14-11(9)13-3/h4-6,8,12H,7H2,1-3H3,(H,13,14). The molecule has 1 aromatic heterocycles. The zero-order valence-electron chi connectivity index (χ0n) is 8.96. The second-order valence-electron chi connectivity index (χ2n) is 3.73. The Labute approximate surface area is 85.1 Å². The van der Waals surface area contributed by atoms with Crippen LogP contribution in [-0.4, -0.2) is 17.7 Å². The monoisotopic (exact) mass is 191 g/mol. The van der Waals surface area contributed by atoms with E-state index < -0.39 is 0 Å². The summed E-state index contributed by atoms with van der Waals surface area (Å²) < 4.78 is 0. The van der Waals surface area contributed by atoms with E-state index in [1.165, 1.54) is 0 Å². The fraction of sp³-hybridized carbons (Fsp3) is 0.455. The predicted octanol–water partition coefficient (Wildman–Crippen LogP) is 2.54. The third-order valence-electron chi connectivity index (χ3n) is 1.98. The molecule has 0 bridgehead atoms. The molecular weight excluding hydrogens is 174 g/mol. The van der Waals surface area contributed by atoms with Crippen LogP contribution < -0.4 is 5.32 Å². The molecule has 14 heavy (non-hydrogen) atoms. The minimum atomic E-state index is 0.507. The van der Waals surface area contributed by atoms with Gasteiger partial charge in [0.15, 0.2) is 0 Å². The average molecular weight is 191 g/mol. The average Bonchev–Trinajstić information content (AvgIpc) is 2.16. The Morgan fingerprint density at radius 2 is 2.29 bits per heavy atom. The lowest BCUT2D eigenvalue weighted by atomic mass is 10.0. The number of pyridine rings is 1. The fourth-order valence-electron chi connectivity index (χ4n) is 1.37. The van der Waals surface area contributed by atoms with Gasteiger partial charge in [-0.25, -0.2) is 4.98 Å². The van der Waals surface area contributed by atoms with E-state index in [1.54, 1.807) is 6.20 Å². The van der Waals surface area contributed by atoms with Crippen molar-refractivity contribution in [2.45, 2.75) is 20.3 Å². The summed E-state index contributed by atoms with van der Waals surface area (Å²) in [5.41, 5.74) is 1.56. The van der Waals surface area contributed by atoms with E-state index in [1.807, 2.05) is 19.2 Å². The molecular formula is C11H17N3. The summed E-state index contributed by atoms with van der Waals surface area (Å²) in [5, 5.41) is 10.9. The van der Waals surface area contributed by atoms with Crippen molar-refractivity contribution in [2.24, 2.45) is 5.92 Å². The van der Waals surface area contributed by atoms with E-state index in [0.29, 0.717) is 11.6 Å². The van der Waals surface area contributed by atoms with Gasteiger partial charge in [0.05, 0.1) is 0 Å². The summed E-state index contributed by atoms with van der Waals surface area (Å²) in [6.45, 7) is 4.23. The van der Waals surface area contributed by atoms with Crippen LogP contribution in [0.2, 0.25) is 0 Å². The van der Waals surface area contributed by atoms with Crippen molar-refractivity contribution in [2.75, 3.05) is 12.4 Å². The number of nitrogens with zero attached hydrogens (tertiary/aromatic N) is 1. The highest BCUT2D eigenvalue weighted by Crippen LogP contribution is 2.15. The normalized spacial score (nSPS) is 10.3. The van der Waals surface area contributed by atoms with Gasteiger partial charge in [-0.15, -0.1) is 0 Å². The molecule has 0 radical (unpaired) electrons. The van der Waals surface area contributed by atoms with Gasteiger partial charge in [0.1, 0.15) is 5.82 Å². The first kappa shape index (κ1) is 10.7. The smallest absolute Gasteiger partial charge is 0.134 e. The Morgan fingerprint density at radius 1 is 1.57 bits per heavy atom. The van der Waals surface area contributed by atoms with Crippen LogP contribution in [0.25, 0.3) is 0 Å². The molecule has 0 saturated heterocycles. The zero-order valence-corrected chi connectivity index (χ0v) is 8.96. The highest BCUT2D eigenvalue weighted by atomic mass is 15.0. The molecule has 2 N–H and O–H groups in total. The summed E-state index contributed by atoms with van der Waals surface area (Å²) in [4.78, 5) is 4.17. The van der Waals surface area contributed by atoms with Crippen LogP contribution in [0.4, 0.5) is 5.82 Å². The Hall–Kier alpha value is -1.38. The van der Waals surface area contributed by atoms with Crippen molar-refractivity contribution in [1.29, 1.82) is 5.41 Å². The maximum Gasteiger partial charge on any atom is 0.134 e. The van der Waals surface area contributed by atoms with Crippen molar-refractivity contribution in [3.05, 3.63) is 23.9 Å². The molecule has 0 spiro atoms. The SMILES string of the molecule is CNc1ncccc1C(=N)CC(C)C. The first-order chi connectivity index (χ1) is 6.65. The van der Waals surface area contributed by atoms with Gasteiger partial charge < -0.3 is 10.7 Å². The van der Waals surface area contributed by atoms with E-state index in [9.17, 15) is 0 Å². The van der Waals surface area contributed by atoms with E-state index >= 15 is 0 Å². The molecule has 3 nitrogen and oxygen atoms in total. The lowest BCUT2D eigenvalue weighted by Gasteiger charge is -2.10. The number of hydrogen-bond donors (Lipinski definition) is 2. The summed E-state index contributed by atoms with van der Waals surface area (Å²) >= 11 is 0. The summed E-state index contributed by atoms with van der Waals surface area (Å²) in [5.74, 6) is 1.30. The van der Waals surface area contributed by atoms with Crippen LogP contribution in [-0.2, 0) is 0 Å². The van der Waals surface area contributed by atoms with E-state index in [0.717, 1.165) is 17.8 Å². The van der Waals surface area contributed by atoms with Crippen LogP contribution in [0.1, 0.15) is 25.8 Å². The van der Waals surface area contributed by atoms with Gasteiger partial charge >= 0.3 is 0 Å². The van der Waals surface area contributed by atoms with Gasteiger partial charge in [-0.2, -0.15) is 0 Å². The Kier molecular flexibility index (Phi) is 3.63. The molecule has 0 aliphatic carbocycles. The van der Waals surface area contributed by atoms with Crippen LogP contribution in [0.15, 0.2) is 18.3 Å². The maximum absolute atomic E-state index is 7.92. The zero-order chi connectivity index (χ0) is 10.6. The second kappa shape index (κ2) is 4.74. The van der Waals surface area contributed by atoms with Gasteiger partial charge in [-0.3, -0.25) is 0 Å². The highest BCUT2D eigenvalue weighted by molar-refractivity contribution is 6.02. The fourth-order valence-corrected chi connectivity index (χ4v) is 1.37. The van der Waals surface area contributed by atoms with Crippen molar-refractivity contribution in [1.82, 2.24) is 4.98 Å². The van der Waals surface area contributed by atoms with Crippen molar-refractivity contribution in [3.8, 4) is 0 Å². The third kappa shape index (κ3) is 2.55. The second-order valence-corrected chi connectivity index (χ2v) is 3.73. The van der Waals surface area contributed by atoms with E-state index in [4.69, 9.17) is 5.41 Å². The summed E-state index contributed by atoms with van der Waals surface area (Å²) in [6, 6.07) is 3.80. The Morgan fingerprint density at radius 3 is 2.86 bits per heavy atom. The largest absolute Gasteiger partial charge is 0.373 e. The molecule has 0 aliphatic heterocycles. The van der Waals surface area contributed by atoms with Gasteiger partial charge in [0.25, 0.3) is 0 Å². The predicted molar refractivity (Wildman–Crippen MR) is 60.1 cm³/mol. The Balaban J connectivity index is 2.88. The molecule has 0 aliphatic rings. The van der Waals surface area contributed by atoms with Crippen molar-refractivity contribution in [3.63, 3.8) is 0 Å². The summed E-state index contributed by atoms with van der Waals surface area (Å²) in [7, 11) is 1.83. The quantitative estimate of drug-likeness (QED) is 0.718. The first-order valence-corrected chi connectivity index (χ1v) is 4.85. The molecule has 0 amide bonds. The molecule has 1 heterocycles. The topological polar surface area (TPSA) is 48.8 Å². The molecule has 0 aromatic carbocycles. The minimum absolute atomic E-state index is 0.507. The number of aromatic nitrogens is 1. The maximum atomic E-state index is 7.92. The molecule has 0 fully saturated rings. The molecule has 0 unspecified atom stereocenters. The van der Waals surface area contributed by atoms with E-state index in [2.05, 4.69) is 24.1 Å². The van der Waals surface area contributed by atoms with Gasteiger partial charge in [0, 0.05) is 24.5 Å². The number of hydrogen-bond acceptors (Lipinski definition) is 3. The van der Waals surface area contributed by atoms with Crippen LogP contribution in [0.3, 0.4) is 0 Å². The lowest BCUT2D eigenvalue weighted by Crippen LogP contribution is -2.08. The number of rotatable bonds is 4. The lowest BCUT2D eigenvalue weighted by molar-refractivity contribution is 0.682. The van der Waals surface area contributed by atoms with Crippen molar-refractivity contribution >= 4 is 11.5 Å². The Bertz CT molecular complexity index is 318. The molecule has 1 aromatic rings. The van der Waals surface area contributed by atoms with Gasteiger partial charge in [0.2, 0.25) is 0 Å². The molecule has 0 atom stereocenters. The van der Waals surface area contributed by atoms with Gasteiger partial charge in [-0.05, 0) is 24.5 Å². The molecule has 0 saturated carbocycles. The minimum Gasteiger partial charge on any atom is -0.373 e. The first-order valence-electron chi connectivity index (χ1n) is 4.85. The highest BCUT2D eigenvalue weighted by Gasteiger charge is 2.08. The molecule has 3 heteroatoms. The molecule has 1 rings (SSSR count). The molecule has 76 valence electrons.